The molecule has 0 spiro atoms. The molecule has 1 aromatic carbocycles. The number of aromatic amines is 1. The van der Waals surface area contributed by atoms with Crippen LogP contribution in [0.1, 0.15) is 10.4 Å². The van der Waals surface area contributed by atoms with Crippen molar-refractivity contribution in [2.75, 3.05) is 57.5 Å². The second-order valence-electron chi connectivity index (χ2n) is 8.62. The molecule has 0 unspecified atom stereocenters. The zero-order valence-electron chi connectivity index (χ0n) is 19.2. The zero-order chi connectivity index (χ0) is 22.9. The molecule has 6 rings (SSSR count). The fourth-order valence-electron chi connectivity index (χ4n) is 4.41. The van der Waals surface area contributed by atoms with Crippen molar-refractivity contribution in [2.45, 2.75) is 13.5 Å². The number of aryl methyl sites for hydroxylation is 1. The molecule has 10 heteroatoms. The molecule has 9 nitrogen and oxygen atoms in total. The van der Waals surface area contributed by atoms with Gasteiger partial charge in [0.1, 0.15) is 0 Å². The van der Waals surface area contributed by atoms with Gasteiger partial charge in [-0.2, -0.15) is 15.1 Å². The lowest BCUT2D eigenvalue weighted by atomic mass is 10.1. The Kier molecular flexibility index (Phi) is 5.96. The largest absolute Gasteiger partial charge is 0.379 e. The van der Waals surface area contributed by atoms with Gasteiger partial charge in [-0.3, -0.25) is 10.00 Å². The van der Waals surface area contributed by atoms with Crippen LogP contribution in [0.4, 0.5) is 5.95 Å². The third kappa shape index (κ3) is 4.29. The first-order chi connectivity index (χ1) is 16.7. The number of anilines is 1. The number of aromatic nitrogens is 5. The summed E-state index contributed by atoms with van der Waals surface area (Å²) in [6.45, 7) is 9.54. The number of fused-ring (bicyclic) bond motifs is 1. The Bertz CT molecular complexity index is 1290. The van der Waals surface area contributed by atoms with Gasteiger partial charge in [-0.25, -0.2) is 4.98 Å². The van der Waals surface area contributed by atoms with E-state index in [1.807, 2.05) is 24.4 Å². The van der Waals surface area contributed by atoms with Gasteiger partial charge < -0.3 is 14.4 Å². The highest BCUT2D eigenvalue weighted by atomic mass is 32.1. The number of nitrogens with zero attached hydrogens (tertiary/aromatic N) is 6. The van der Waals surface area contributed by atoms with Crippen molar-refractivity contribution in [3.8, 4) is 22.1 Å². The van der Waals surface area contributed by atoms with Crippen LogP contribution in [0.3, 0.4) is 0 Å². The molecule has 0 amide bonds. The third-order valence-electron chi connectivity index (χ3n) is 6.36. The number of benzene rings is 1. The van der Waals surface area contributed by atoms with Crippen LogP contribution < -0.4 is 4.90 Å². The van der Waals surface area contributed by atoms with Gasteiger partial charge >= 0.3 is 0 Å². The predicted octanol–water partition coefficient (Wildman–Crippen LogP) is 3.12. The van der Waals surface area contributed by atoms with Gasteiger partial charge in [0.2, 0.25) is 5.95 Å². The Morgan fingerprint density at radius 3 is 2.56 bits per heavy atom. The normalized spacial score (nSPS) is 17.5. The summed E-state index contributed by atoms with van der Waals surface area (Å²) in [5, 5.41) is 8.26. The van der Waals surface area contributed by atoms with Gasteiger partial charge in [-0.1, -0.05) is 12.1 Å². The molecule has 5 heterocycles. The number of thiophene rings is 1. The molecule has 0 bridgehead atoms. The minimum absolute atomic E-state index is 0.666. The molecular weight excluding hydrogens is 450 g/mol. The molecule has 176 valence electrons. The Morgan fingerprint density at radius 1 is 0.971 bits per heavy atom. The molecule has 34 heavy (non-hydrogen) atoms. The van der Waals surface area contributed by atoms with Gasteiger partial charge in [0, 0.05) is 48.6 Å². The maximum atomic E-state index is 5.55. The number of hydrogen-bond acceptors (Lipinski definition) is 9. The van der Waals surface area contributed by atoms with Crippen LogP contribution >= 0.6 is 11.3 Å². The Labute approximate surface area is 201 Å². The van der Waals surface area contributed by atoms with Gasteiger partial charge in [-0.05, 0) is 24.6 Å². The average Bonchev–Trinajstić information content (AvgIpc) is 3.51. The van der Waals surface area contributed by atoms with Gasteiger partial charge in [0.05, 0.1) is 43.0 Å². The molecule has 4 aromatic rings. The molecule has 2 aliphatic rings. The van der Waals surface area contributed by atoms with E-state index < -0.39 is 0 Å². The molecule has 2 fully saturated rings. The first-order valence-electron chi connectivity index (χ1n) is 11.7. The molecule has 0 radical (unpaired) electrons. The summed E-state index contributed by atoms with van der Waals surface area (Å²) >= 11 is 1.77. The van der Waals surface area contributed by atoms with Crippen LogP contribution in [0, 0.1) is 6.92 Å². The molecule has 1 N–H and O–H groups in total. The van der Waals surface area contributed by atoms with Gasteiger partial charge in [0.15, 0.2) is 11.6 Å². The van der Waals surface area contributed by atoms with Crippen LogP contribution in [-0.2, 0) is 16.0 Å². The number of hydrogen-bond donors (Lipinski definition) is 1. The van der Waals surface area contributed by atoms with Crippen LogP contribution in [0.2, 0.25) is 0 Å². The minimum Gasteiger partial charge on any atom is -0.379 e. The van der Waals surface area contributed by atoms with Crippen molar-refractivity contribution >= 4 is 28.2 Å². The Morgan fingerprint density at radius 2 is 1.74 bits per heavy atom. The smallest absolute Gasteiger partial charge is 0.229 e. The van der Waals surface area contributed by atoms with E-state index in [1.54, 1.807) is 11.3 Å². The van der Waals surface area contributed by atoms with Crippen molar-refractivity contribution in [3.63, 3.8) is 0 Å². The molecule has 3 aromatic heterocycles. The van der Waals surface area contributed by atoms with Crippen molar-refractivity contribution in [2.24, 2.45) is 0 Å². The SMILES string of the molecule is Cc1cc(-c2nc(-c3cccc4[nH]ncc34)nc(N3CCOCC3)n2)sc1CN1CCOCC1. The Balaban J connectivity index is 1.41. The summed E-state index contributed by atoms with van der Waals surface area (Å²) in [6, 6.07) is 8.27. The highest BCUT2D eigenvalue weighted by Crippen LogP contribution is 2.33. The summed E-state index contributed by atoms with van der Waals surface area (Å²) in [6.07, 6.45) is 1.83. The predicted molar refractivity (Wildman–Crippen MR) is 132 cm³/mol. The monoisotopic (exact) mass is 477 g/mol. The molecule has 0 saturated carbocycles. The number of H-pyrrole nitrogens is 1. The topological polar surface area (TPSA) is 92.3 Å². The van der Waals surface area contributed by atoms with E-state index in [-0.39, 0.29) is 0 Å². The van der Waals surface area contributed by atoms with Crippen LogP contribution in [0.5, 0.6) is 0 Å². The molecular formula is C24H27N7O2S. The highest BCUT2D eigenvalue weighted by Gasteiger charge is 2.21. The van der Waals surface area contributed by atoms with E-state index in [4.69, 9.17) is 24.4 Å². The van der Waals surface area contributed by atoms with Crippen molar-refractivity contribution in [1.82, 2.24) is 30.0 Å². The van der Waals surface area contributed by atoms with E-state index in [9.17, 15) is 0 Å². The molecule has 0 aliphatic carbocycles. The van der Waals surface area contributed by atoms with E-state index in [1.165, 1.54) is 10.4 Å². The maximum Gasteiger partial charge on any atom is 0.229 e. The molecule has 0 atom stereocenters. The van der Waals surface area contributed by atoms with E-state index in [0.29, 0.717) is 30.8 Å². The third-order valence-corrected chi connectivity index (χ3v) is 7.57. The average molecular weight is 478 g/mol. The van der Waals surface area contributed by atoms with Crippen molar-refractivity contribution in [3.05, 3.63) is 40.9 Å². The van der Waals surface area contributed by atoms with E-state index in [2.05, 4.69) is 33.0 Å². The zero-order valence-corrected chi connectivity index (χ0v) is 20.0. The fraction of sp³-hybridized carbons (Fsp3) is 0.417. The van der Waals surface area contributed by atoms with E-state index in [0.717, 1.165) is 67.3 Å². The maximum absolute atomic E-state index is 5.55. The number of rotatable bonds is 5. The lowest BCUT2D eigenvalue weighted by molar-refractivity contribution is 0.0345. The number of nitrogens with one attached hydrogen (secondary N) is 1. The standard InChI is InChI=1S/C24H27N7O2S/c1-16-13-20(34-21(16)15-30-5-9-32-10-6-30)23-26-22(17-3-2-4-19-18(17)14-25-29-19)27-24(28-23)31-7-11-33-12-8-31/h2-4,13-14H,5-12,15H2,1H3,(H,25,29). The van der Waals surface area contributed by atoms with Crippen molar-refractivity contribution < 1.29 is 9.47 Å². The van der Waals surface area contributed by atoms with Crippen LogP contribution in [-0.4, -0.2) is 82.7 Å². The summed E-state index contributed by atoms with van der Waals surface area (Å²) in [7, 11) is 0. The van der Waals surface area contributed by atoms with Crippen LogP contribution in [0.25, 0.3) is 33.0 Å². The van der Waals surface area contributed by atoms with Crippen molar-refractivity contribution in [1.29, 1.82) is 0 Å². The first kappa shape index (κ1) is 21.6. The summed E-state index contributed by atoms with van der Waals surface area (Å²) in [5.41, 5.74) is 3.19. The second-order valence-corrected chi connectivity index (χ2v) is 9.76. The fourth-order valence-corrected chi connectivity index (χ4v) is 5.56. The number of morpholine rings is 2. The molecule has 2 saturated heterocycles. The summed E-state index contributed by atoms with van der Waals surface area (Å²) < 4.78 is 11.1. The first-order valence-corrected chi connectivity index (χ1v) is 12.5. The summed E-state index contributed by atoms with van der Waals surface area (Å²) in [5.74, 6) is 2.08. The second kappa shape index (κ2) is 9.38. The highest BCUT2D eigenvalue weighted by molar-refractivity contribution is 7.15. The van der Waals surface area contributed by atoms with Gasteiger partial charge in [0.25, 0.3) is 0 Å². The Hall–Kier alpha value is -2.92. The minimum atomic E-state index is 0.666. The molecule has 2 aliphatic heterocycles. The van der Waals surface area contributed by atoms with Gasteiger partial charge in [-0.15, -0.1) is 11.3 Å². The lowest BCUT2D eigenvalue weighted by Gasteiger charge is -2.27. The van der Waals surface area contributed by atoms with Crippen LogP contribution in [0.15, 0.2) is 30.5 Å². The summed E-state index contributed by atoms with van der Waals surface area (Å²) in [4.78, 5) is 21.8. The van der Waals surface area contributed by atoms with E-state index >= 15 is 0 Å². The number of ether oxygens (including phenoxy) is 2. The quantitative estimate of drug-likeness (QED) is 0.469. The lowest BCUT2D eigenvalue weighted by Crippen LogP contribution is -2.37.